The molecule has 0 aliphatic carbocycles. The number of hydrogen-bond donors (Lipinski definition) is 2. The smallest absolute Gasteiger partial charge is 0.250 e. The van der Waals surface area contributed by atoms with Crippen LogP contribution in [0.15, 0.2) is 74.7 Å². The molecule has 1 unspecified atom stereocenters. The topological polar surface area (TPSA) is 84.5 Å². The van der Waals surface area contributed by atoms with Crippen molar-refractivity contribution in [3.63, 3.8) is 0 Å². The highest BCUT2D eigenvalue weighted by molar-refractivity contribution is 9.11. The van der Waals surface area contributed by atoms with Gasteiger partial charge in [0.05, 0.1) is 10.9 Å². The number of halogens is 1. The van der Waals surface area contributed by atoms with Crippen LogP contribution in [-0.4, -0.2) is 27.5 Å². The summed E-state index contributed by atoms with van der Waals surface area (Å²) in [5.74, 6) is 0.329. The fourth-order valence-corrected chi connectivity index (χ4v) is 6.00. The quantitative estimate of drug-likeness (QED) is 0.461. The van der Waals surface area contributed by atoms with Gasteiger partial charge < -0.3 is 10.1 Å². The molecule has 30 heavy (non-hydrogen) atoms. The van der Waals surface area contributed by atoms with Gasteiger partial charge in [-0.3, -0.25) is 4.79 Å². The number of sulfonamides is 1. The number of rotatable bonds is 9. The average Bonchev–Trinajstić information content (AvgIpc) is 3.20. The minimum atomic E-state index is -3.83. The second-order valence-corrected chi connectivity index (χ2v) is 10.9. The Bertz CT molecular complexity index is 1080. The molecule has 1 atom stereocenters. The molecule has 0 spiro atoms. The fraction of sp³-hybridized carbons (Fsp3) is 0.190. The zero-order valence-corrected chi connectivity index (χ0v) is 19.4. The minimum absolute atomic E-state index is 0.149. The van der Waals surface area contributed by atoms with Crippen molar-refractivity contribution < 1.29 is 17.9 Å². The molecular weight excluding hydrogens is 488 g/mol. The van der Waals surface area contributed by atoms with Gasteiger partial charge in [0, 0.05) is 6.54 Å². The third-order valence-corrected chi connectivity index (χ3v) is 7.92. The predicted octanol–water partition coefficient (Wildman–Crippen LogP) is 3.73. The number of thiophene rings is 1. The third kappa shape index (κ3) is 6.15. The lowest BCUT2D eigenvalue weighted by Crippen LogP contribution is -2.47. The van der Waals surface area contributed by atoms with Crippen molar-refractivity contribution >= 4 is 43.2 Å². The van der Waals surface area contributed by atoms with Crippen LogP contribution in [0.4, 0.5) is 0 Å². The Balaban J connectivity index is 1.74. The van der Waals surface area contributed by atoms with E-state index >= 15 is 0 Å². The van der Waals surface area contributed by atoms with Crippen LogP contribution in [0.5, 0.6) is 5.75 Å². The molecule has 0 saturated heterocycles. The number of carbonyl (C=O) groups is 1. The summed E-state index contributed by atoms with van der Waals surface area (Å²) < 4.78 is 34.1. The van der Waals surface area contributed by atoms with Crippen molar-refractivity contribution in [2.24, 2.45) is 0 Å². The molecule has 1 amide bonds. The summed E-state index contributed by atoms with van der Waals surface area (Å²) in [5, 5.41) is 2.82. The first-order valence-corrected chi connectivity index (χ1v) is 12.2. The van der Waals surface area contributed by atoms with E-state index in [0.717, 1.165) is 28.2 Å². The highest BCUT2D eigenvalue weighted by atomic mass is 79.9. The molecule has 2 aromatic carbocycles. The molecule has 6 nitrogen and oxygen atoms in total. The van der Waals surface area contributed by atoms with E-state index in [1.165, 1.54) is 6.07 Å². The van der Waals surface area contributed by atoms with Crippen LogP contribution in [0, 0.1) is 0 Å². The van der Waals surface area contributed by atoms with Gasteiger partial charge in [-0.15, -0.1) is 11.3 Å². The zero-order chi connectivity index (χ0) is 21.6. The summed E-state index contributed by atoms with van der Waals surface area (Å²) in [7, 11) is -2.25. The molecule has 0 aliphatic heterocycles. The van der Waals surface area contributed by atoms with E-state index in [1.54, 1.807) is 25.3 Å². The molecule has 9 heteroatoms. The van der Waals surface area contributed by atoms with E-state index in [1.807, 2.05) is 42.5 Å². The number of methoxy groups -OCH3 is 1. The van der Waals surface area contributed by atoms with Crippen LogP contribution < -0.4 is 14.8 Å². The van der Waals surface area contributed by atoms with Gasteiger partial charge in [0.25, 0.3) is 10.0 Å². The normalized spacial score (nSPS) is 12.3. The molecule has 0 saturated carbocycles. The summed E-state index contributed by atoms with van der Waals surface area (Å²) >= 11 is 4.36. The molecule has 3 rings (SSSR count). The van der Waals surface area contributed by atoms with Gasteiger partial charge in [0.1, 0.15) is 16.0 Å². The van der Waals surface area contributed by atoms with E-state index in [9.17, 15) is 13.2 Å². The van der Waals surface area contributed by atoms with E-state index < -0.39 is 22.0 Å². The maximum absolute atomic E-state index is 12.9. The molecule has 2 N–H and O–H groups in total. The Labute approximate surface area is 188 Å². The maximum atomic E-state index is 12.9. The highest BCUT2D eigenvalue weighted by Gasteiger charge is 2.27. The third-order valence-electron chi connectivity index (χ3n) is 4.34. The van der Waals surface area contributed by atoms with Gasteiger partial charge in [0.15, 0.2) is 0 Å². The summed E-state index contributed by atoms with van der Waals surface area (Å²) in [6, 6.07) is 18.8. The Morgan fingerprint density at radius 3 is 2.33 bits per heavy atom. The van der Waals surface area contributed by atoms with Gasteiger partial charge in [-0.25, -0.2) is 8.42 Å². The Morgan fingerprint density at radius 2 is 1.73 bits per heavy atom. The van der Waals surface area contributed by atoms with E-state index in [2.05, 4.69) is 26.0 Å². The number of benzene rings is 2. The SMILES string of the molecule is COc1ccc(CNC(=O)C(Cc2ccccc2)NS(=O)(=O)c2ccc(Br)s2)cc1. The number of ether oxygens (including phenoxy) is 1. The Hall–Kier alpha value is -2.20. The summed E-state index contributed by atoms with van der Waals surface area (Å²) in [6.45, 7) is 0.278. The maximum Gasteiger partial charge on any atom is 0.250 e. The second kappa shape index (κ2) is 10.2. The first-order valence-electron chi connectivity index (χ1n) is 9.09. The van der Waals surface area contributed by atoms with Crippen LogP contribution in [0.1, 0.15) is 11.1 Å². The summed E-state index contributed by atoms with van der Waals surface area (Å²) in [4.78, 5) is 12.9. The lowest BCUT2D eigenvalue weighted by atomic mass is 10.1. The van der Waals surface area contributed by atoms with Gasteiger partial charge in [-0.1, -0.05) is 42.5 Å². The predicted molar refractivity (Wildman–Crippen MR) is 121 cm³/mol. The fourth-order valence-electron chi connectivity index (χ4n) is 2.78. The molecular formula is C21H21BrN2O4S2. The molecule has 0 radical (unpaired) electrons. The number of carbonyl (C=O) groups excluding carboxylic acids is 1. The highest BCUT2D eigenvalue weighted by Crippen LogP contribution is 2.26. The van der Waals surface area contributed by atoms with Crippen LogP contribution in [0.25, 0.3) is 0 Å². The van der Waals surface area contributed by atoms with Gasteiger partial charge in [-0.2, -0.15) is 4.72 Å². The van der Waals surface area contributed by atoms with E-state index in [-0.39, 0.29) is 17.2 Å². The molecule has 0 bridgehead atoms. The second-order valence-electron chi connectivity index (χ2n) is 6.49. The first-order chi connectivity index (χ1) is 14.4. The zero-order valence-electron chi connectivity index (χ0n) is 16.2. The minimum Gasteiger partial charge on any atom is -0.497 e. The van der Waals surface area contributed by atoms with Crippen molar-refractivity contribution in [1.29, 1.82) is 0 Å². The van der Waals surface area contributed by atoms with Crippen molar-refractivity contribution in [2.45, 2.75) is 23.2 Å². The van der Waals surface area contributed by atoms with Gasteiger partial charge in [0.2, 0.25) is 5.91 Å². The molecule has 0 aliphatic rings. The van der Waals surface area contributed by atoms with Gasteiger partial charge in [-0.05, 0) is 57.7 Å². The van der Waals surface area contributed by atoms with E-state index in [4.69, 9.17) is 4.74 Å². The van der Waals surface area contributed by atoms with Crippen molar-refractivity contribution in [2.75, 3.05) is 7.11 Å². The molecule has 1 aromatic heterocycles. The lowest BCUT2D eigenvalue weighted by Gasteiger charge is -2.18. The van der Waals surface area contributed by atoms with Crippen LogP contribution in [0.3, 0.4) is 0 Å². The number of amides is 1. The largest absolute Gasteiger partial charge is 0.497 e. The molecule has 158 valence electrons. The summed E-state index contributed by atoms with van der Waals surface area (Å²) in [5.41, 5.74) is 1.74. The standard InChI is InChI=1S/C21H21BrN2O4S2/c1-28-17-9-7-16(8-10-17)14-23-21(25)18(13-15-5-3-2-4-6-15)24-30(26,27)20-12-11-19(22)29-20/h2-12,18,24H,13-14H2,1H3,(H,23,25). The first kappa shape index (κ1) is 22.5. The molecule has 3 aromatic rings. The molecule has 0 fully saturated rings. The van der Waals surface area contributed by atoms with Crippen LogP contribution in [-0.2, 0) is 27.8 Å². The Morgan fingerprint density at radius 1 is 1.03 bits per heavy atom. The summed E-state index contributed by atoms with van der Waals surface area (Å²) in [6.07, 6.45) is 0.237. The monoisotopic (exact) mass is 508 g/mol. The van der Waals surface area contributed by atoms with Crippen LogP contribution >= 0.6 is 27.3 Å². The lowest BCUT2D eigenvalue weighted by molar-refractivity contribution is -0.122. The number of hydrogen-bond acceptors (Lipinski definition) is 5. The van der Waals surface area contributed by atoms with Gasteiger partial charge >= 0.3 is 0 Å². The number of nitrogens with one attached hydrogen (secondary N) is 2. The van der Waals surface area contributed by atoms with Crippen molar-refractivity contribution in [3.8, 4) is 5.75 Å². The van der Waals surface area contributed by atoms with Crippen molar-refractivity contribution in [3.05, 3.63) is 81.6 Å². The van der Waals surface area contributed by atoms with Crippen LogP contribution in [0.2, 0.25) is 0 Å². The van der Waals surface area contributed by atoms with E-state index in [0.29, 0.717) is 3.79 Å². The molecule has 1 heterocycles. The Kier molecular flexibility index (Phi) is 7.65. The van der Waals surface area contributed by atoms with Crippen molar-refractivity contribution in [1.82, 2.24) is 10.0 Å². The average molecular weight is 509 g/mol.